The molecular formula is C20H25N3O. The monoisotopic (exact) mass is 323 g/mol. The highest BCUT2D eigenvalue weighted by Crippen LogP contribution is 2.35. The number of likely N-dealkylation sites (tertiary alicyclic amines) is 1. The highest BCUT2D eigenvalue weighted by Gasteiger charge is 2.33. The molecule has 1 aromatic carbocycles. The second-order valence-electron chi connectivity index (χ2n) is 6.79. The molecule has 3 rings (SSSR count). The summed E-state index contributed by atoms with van der Waals surface area (Å²) in [5, 5.41) is 3.14. The number of aromatic nitrogens is 1. The molecule has 0 saturated carbocycles. The van der Waals surface area contributed by atoms with Crippen LogP contribution in [0.2, 0.25) is 0 Å². The molecule has 1 aromatic heterocycles. The Morgan fingerprint density at radius 1 is 1.33 bits per heavy atom. The number of nitrogens with one attached hydrogen (secondary N) is 1. The van der Waals surface area contributed by atoms with Gasteiger partial charge in [-0.05, 0) is 63.0 Å². The van der Waals surface area contributed by atoms with Crippen molar-refractivity contribution < 1.29 is 4.79 Å². The number of amides is 1. The summed E-state index contributed by atoms with van der Waals surface area (Å²) in [6, 6.07) is 10.4. The average molecular weight is 323 g/mol. The standard InChI is InChI=1S/C20H25N3O/c1-14-6-7-18(15(2)11-14)20(24)22-13-17-8-10-23(3)19(17)16-5-4-9-21-12-16/h4-7,9,11-12,17,19H,8,10,13H2,1-3H3,(H,22,24)/t17-,19-/m0/s1. The molecule has 4 nitrogen and oxygen atoms in total. The molecule has 2 aromatic rings. The number of hydrogen-bond donors (Lipinski definition) is 1. The van der Waals surface area contributed by atoms with Crippen LogP contribution in [0.4, 0.5) is 0 Å². The van der Waals surface area contributed by atoms with Gasteiger partial charge >= 0.3 is 0 Å². The maximum absolute atomic E-state index is 12.5. The number of aryl methyl sites for hydroxylation is 2. The molecule has 0 radical (unpaired) electrons. The molecule has 126 valence electrons. The van der Waals surface area contributed by atoms with Crippen LogP contribution in [0, 0.1) is 19.8 Å². The summed E-state index contributed by atoms with van der Waals surface area (Å²) in [6.45, 7) is 5.77. The van der Waals surface area contributed by atoms with E-state index in [4.69, 9.17) is 0 Å². The first-order valence-electron chi connectivity index (χ1n) is 8.52. The summed E-state index contributed by atoms with van der Waals surface area (Å²) in [5.74, 6) is 0.431. The molecule has 1 N–H and O–H groups in total. The fraction of sp³-hybridized carbons (Fsp3) is 0.400. The molecule has 0 unspecified atom stereocenters. The first kappa shape index (κ1) is 16.7. The van der Waals surface area contributed by atoms with Gasteiger partial charge in [0.2, 0.25) is 0 Å². The minimum Gasteiger partial charge on any atom is -0.352 e. The van der Waals surface area contributed by atoms with Gasteiger partial charge in [0.15, 0.2) is 0 Å². The van der Waals surface area contributed by atoms with E-state index in [1.807, 2.05) is 38.2 Å². The van der Waals surface area contributed by atoms with E-state index in [1.165, 1.54) is 11.1 Å². The largest absolute Gasteiger partial charge is 0.352 e. The molecule has 24 heavy (non-hydrogen) atoms. The summed E-state index contributed by atoms with van der Waals surface area (Å²) in [6.07, 6.45) is 4.82. The minimum atomic E-state index is 0.0204. The van der Waals surface area contributed by atoms with Crippen LogP contribution in [0.1, 0.15) is 39.5 Å². The molecular weight excluding hydrogens is 298 g/mol. The molecule has 0 aliphatic carbocycles. The SMILES string of the molecule is Cc1ccc(C(=O)NC[C@@H]2CCN(C)[C@H]2c2cccnc2)c(C)c1. The van der Waals surface area contributed by atoms with Crippen molar-refractivity contribution >= 4 is 5.91 Å². The molecule has 0 bridgehead atoms. The van der Waals surface area contributed by atoms with Gasteiger partial charge in [-0.15, -0.1) is 0 Å². The number of nitrogens with zero attached hydrogens (tertiary/aromatic N) is 2. The number of hydrogen-bond acceptors (Lipinski definition) is 3. The normalized spacial score (nSPS) is 21.0. The minimum absolute atomic E-state index is 0.0204. The predicted octanol–water partition coefficient (Wildman–Crippen LogP) is 3.12. The quantitative estimate of drug-likeness (QED) is 0.940. The van der Waals surface area contributed by atoms with Crippen molar-refractivity contribution in [2.24, 2.45) is 5.92 Å². The van der Waals surface area contributed by atoms with Gasteiger partial charge < -0.3 is 5.32 Å². The van der Waals surface area contributed by atoms with Gasteiger partial charge in [-0.1, -0.05) is 23.8 Å². The average Bonchev–Trinajstić information content (AvgIpc) is 2.94. The molecule has 2 heterocycles. The lowest BCUT2D eigenvalue weighted by Crippen LogP contribution is -2.32. The summed E-state index contributed by atoms with van der Waals surface area (Å²) < 4.78 is 0. The van der Waals surface area contributed by atoms with E-state index >= 15 is 0 Å². The van der Waals surface area contributed by atoms with E-state index in [9.17, 15) is 4.79 Å². The third kappa shape index (κ3) is 3.49. The first-order valence-corrected chi connectivity index (χ1v) is 8.52. The zero-order chi connectivity index (χ0) is 17.1. The summed E-state index contributed by atoms with van der Waals surface area (Å²) in [4.78, 5) is 19.1. The number of benzene rings is 1. The van der Waals surface area contributed by atoms with Crippen molar-refractivity contribution in [3.8, 4) is 0 Å². The number of rotatable bonds is 4. The Bertz CT molecular complexity index is 714. The molecule has 1 fully saturated rings. The van der Waals surface area contributed by atoms with Crippen molar-refractivity contribution in [1.29, 1.82) is 0 Å². The molecule has 2 atom stereocenters. The number of pyridine rings is 1. The highest BCUT2D eigenvalue weighted by molar-refractivity contribution is 5.95. The molecule has 1 amide bonds. The highest BCUT2D eigenvalue weighted by atomic mass is 16.1. The van der Waals surface area contributed by atoms with Crippen molar-refractivity contribution in [3.63, 3.8) is 0 Å². The Hall–Kier alpha value is -2.20. The summed E-state index contributed by atoms with van der Waals surface area (Å²) >= 11 is 0. The summed E-state index contributed by atoms with van der Waals surface area (Å²) in [7, 11) is 2.14. The lowest BCUT2D eigenvalue weighted by Gasteiger charge is -2.25. The first-order chi connectivity index (χ1) is 11.6. The van der Waals surface area contributed by atoms with Crippen molar-refractivity contribution in [2.75, 3.05) is 20.1 Å². The maximum Gasteiger partial charge on any atom is 0.251 e. The van der Waals surface area contributed by atoms with Gasteiger partial charge in [-0.3, -0.25) is 14.7 Å². The van der Waals surface area contributed by atoms with E-state index in [-0.39, 0.29) is 5.91 Å². The van der Waals surface area contributed by atoms with Crippen LogP contribution >= 0.6 is 0 Å². The molecule has 4 heteroatoms. The van der Waals surface area contributed by atoms with Crippen molar-refractivity contribution in [3.05, 3.63) is 65.0 Å². The zero-order valence-electron chi connectivity index (χ0n) is 14.6. The Balaban J connectivity index is 1.68. The van der Waals surface area contributed by atoms with E-state index in [1.54, 1.807) is 6.20 Å². The molecule has 1 aliphatic heterocycles. The van der Waals surface area contributed by atoms with Crippen molar-refractivity contribution in [2.45, 2.75) is 26.3 Å². The van der Waals surface area contributed by atoms with E-state index < -0.39 is 0 Å². The molecule has 1 aliphatic rings. The van der Waals surface area contributed by atoms with Crippen LogP contribution < -0.4 is 5.32 Å². The second-order valence-corrected chi connectivity index (χ2v) is 6.79. The van der Waals surface area contributed by atoms with Gasteiger partial charge in [-0.25, -0.2) is 0 Å². The van der Waals surface area contributed by atoms with E-state index in [0.29, 0.717) is 18.5 Å². The second kappa shape index (κ2) is 7.14. The van der Waals surface area contributed by atoms with Crippen molar-refractivity contribution in [1.82, 2.24) is 15.2 Å². The Morgan fingerprint density at radius 3 is 2.88 bits per heavy atom. The van der Waals surface area contributed by atoms with Crippen LogP contribution in [0.3, 0.4) is 0 Å². The van der Waals surface area contributed by atoms with Gasteiger partial charge in [0.05, 0.1) is 0 Å². The van der Waals surface area contributed by atoms with E-state index in [2.05, 4.69) is 34.4 Å². The molecule has 1 saturated heterocycles. The Kier molecular flexibility index (Phi) is 4.95. The van der Waals surface area contributed by atoms with Crippen LogP contribution in [-0.2, 0) is 0 Å². The fourth-order valence-electron chi connectivity index (χ4n) is 3.70. The third-order valence-electron chi connectivity index (χ3n) is 4.95. The van der Waals surface area contributed by atoms with Crippen LogP contribution in [0.15, 0.2) is 42.7 Å². The zero-order valence-corrected chi connectivity index (χ0v) is 14.6. The van der Waals surface area contributed by atoms with Crippen LogP contribution in [0.5, 0.6) is 0 Å². The lowest BCUT2D eigenvalue weighted by atomic mass is 9.94. The smallest absolute Gasteiger partial charge is 0.251 e. The summed E-state index contributed by atoms with van der Waals surface area (Å²) in [5.41, 5.74) is 4.20. The maximum atomic E-state index is 12.5. The van der Waals surface area contributed by atoms with Gasteiger partial charge in [0.1, 0.15) is 0 Å². The Labute approximate surface area is 143 Å². The van der Waals surface area contributed by atoms with Gasteiger partial charge in [0, 0.05) is 30.5 Å². The van der Waals surface area contributed by atoms with Crippen LogP contribution in [0.25, 0.3) is 0 Å². The predicted molar refractivity (Wildman–Crippen MR) is 96.0 cm³/mol. The fourth-order valence-corrected chi connectivity index (χ4v) is 3.70. The molecule has 0 spiro atoms. The third-order valence-corrected chi connectivity index (χ3v) is 4.95. The van der Waals surface area contributed by atoms with Crippen LogP contribution in [-0.4, -0.2) is 35.9 Å². The Morgan fingerprint density at radius 2 is 2.17 bits per heavy atom. The van der Waals surface area contributed by atoms with E-state index in [0.717, 1.165) is 24.1 Å². The number of carbonyl (C=O) groups is 1. The van der Waals surface area contributed by atoms with Gasteiger partial charge in [-0.2, -0.15) is 0 Å². The number of carbonyl (C=O) groups excluding carboxylic acids is 1. The lowest BCUT2D eigenvalue weighted by molar-refractivity contribution is 0.0943. The topological polar surface area (TPSA) is 45.2 Å². The van der Waals surface area contributed by atoms with Gasteiger partial charge in [0.25, 0.3) is 5.91 Å².